The van der Waals surface area contributed by atoms with Crippen molar-refractivity contribution in [3.8, 4) is 0 Å². The Morgan fingerprint density at radius 1 is 1.38 bits per heavy atom. The van der Waals surface area contributed by atoms with E-state index in [1.165, 1.54) is 23.2 Å². The van der Waals surface area contributed by atoms with Gasteiger partial charge in [0.15, 0.2) is 0 Å². The lowest BCUT2D eigenvalue weighted by atomic mass is 10.1. The Labute approximate surface area is 76.2 Å². The van der Waals surface area contributed by atoms with Crippen LogP contribution < -0.4 is 5.32 Å². The fourth-order valence-corrected chi connectivity index (χ4v) is 1.97. The molecule has 0 aliphatic carbocycles. The zero-order chi connectivity index (χ0) is 8.67. The number of fused-ring (bicyclic) bond motifs is 3. The number of nitrogens with zero attached hydrogens (tertiary/aromatic N) is 1. The standard InChI is InChI=1S/C10H11N3/c1-2-8-10(12-4-1)7-3-5-11-6-9(7)13-8/h3,5-6,12-13H,1-2,4H2. The average Bonchev–Trinajstić information content (AvgIpc) is 2.56. The summed E-state index contributed by atoms with van der Waals surface area (Å²) in [5.41, 5.74) is 3.75. The Hall–Kier alpha value is -1.51. The van der Waals surface area contributed by atoms with Crippen LogP contribution in [0.1, 0.15) is 12.1 Å². The molecule has 0 atom stereocenters. The van der Waals surface area contributed by atoms with Crippen molar-refractivity contribution in [1.29, 1.82) is 0 Å². The van der Waals surface area contributed by atoms with E-state index in [4.69, 9.17) is 0 Å². The van der Waals surface area contributed by atoms with E-state index in [1.54, 1.807) is 0 Å². The number of aryl methyl sites for hydroxylation is 1. The highest BCUT2D eigenvalue weighted by atomic mass is 14.9. The Balaban J connectivity index is 2.34. The van der Waals surface area contributed by atoms with E-state index < -0.39 is 0 Å². The van der Waals surface area contributed by atoms with Gasteiger partial charge in [-0.05, 0) is 18.9 Å². The Bertz CT molecular complexity index is 444. The lowest BCUT2D eigenvalue weighted by molar-refractivity contribution is 0.814. The first-order chi connectivity index (χ1) is 6.45. The SMILES string of the molecule is c1cc2c3c([nH]c2cn1)CCCN3. The van der Waals surface area contributed by atoms with Crippen LogP contribution in [-0.4, -0.2) is 16.5 Å². The van der Waals surface area contributed by atoms with E-state index in [-0.39, 0.29) is 0 Å². The van der Waals surface area contributed by atoms with Crippen LogP contribution in [0.4, 0.5) is 5.69 Å². The minimum atomic E-state index is 1.09. The molecule has 13 heavy (non-hydrogen) atoms. The smallest absolute Gasteiger partial charge is 0.0664 e. The third kappa shape index (κ3) is 0.932. The van der Waals surface area contributed by atoms with Crippen LogP contribution in [0.2, 0.25) is 0 Å². The number of hydrogen-bond acceptors (Lipinski definition) is 2. The summed E-state index contributed by atoms with van der Waals surface area (Å²) in [4.78, 5) is 7.49. The number of aromatic amines is 1. The molecule has 3 heterocycles. The molecule has 2 N–H and O–H groups in total. The number of anilines is 1. The summed E-state index contributed by atoms with van der Waals surface area (Å²) in [6, 6.07) is 2.06. The van der Waals surface area contributed by atoms with Gasteiger partial charge in [0.25, 0.3) is 0 Å². The number of hydrogen-bond donors (Lipinski definition) is 2. The van der Waals surface area contributed by atoms with Gasteiger partial charge in [-0.2, -0.15) is 0 Å². The largest absolute Gasteiger partial charge is 0.383 e. The van der Waals surface area contributed by atoms with Crippen LogP contribution in [0.25, 0.3) is 10.9 Å². The quantitative estimate of drug-likeness (QED) is 0.639. The van der Waals surface area contributed by atoms with E-state index >= 15 is 0 Å². The predicted molar refractivity (Wildman–Crippen MR) is 52.9 cm³/mol. The first-order valence-electron chi connectivity index (χ1n) is 4.63. The fraction of sp³-hybridized carbons (Fsp3) is 0.300. The molecule has 0 fully saturated rings. The van der Waals surface area contributed by atoms with Crippen molar-refractivity contribution >= 4 is 16.6 Å². The molecule has 2 aromatic heterocycles. The maximum absolute atomic E-state index is 4.10. The van der Waals surface area contributed by atoms with Crippen LogP contribution in [0, 0.1) is 0 Å². The molecule has 0 aromatic carbocycles. The van der Waals surface area contributed by atoms with Gasteiger partial charge in [0.05, 0.1) is 17.4 Å². The van der Waals surface area contributed by atoms with Crippen molar-refractivity contribution < 1.29 is 0 Å². The number of nitrogens with one attached hydrogen (secondary N) is 2. The minimum absolute atomic E-state index is 1.09. The third-order valence-electron chi connectivity index (χ3n) is 2.58. The first-order valence-corrected chi connectivity index (χ1v) is 4.63. The molecular formula is C10H11N3. The van der Waals surface area contributed by atoms with E-state index in [2.05, 4.69) is 21.4 Å². The summed E-state index contributed by atoms with van der Waals surface area (Å²) in [6.07, 6.45) is 6.09. The molecule has 2 aromatic rings. The first kappa shape index (κ1) is 6.95. The van der Waals surface area contributed by atoms with Gasteiger partial charge in [0.1, 0.15) is 0 Å². The van der Waals surface area contributed by atoms with Crippen LogP contribution >= 0.6 is 0 Å². The van der Waals surface area contributed by atoms with Crippen LogP contribution in [-0.2, 0) is 6.42 Å². The van der Waals surface area contributed by atoms with Crippen molar-refractivity contribution in [2.45, 2.75) is 12.8 Å². The molecule has 0 amide bonds. The topological polar surface area (TPSA) is 40.7 Å². The number of pyridine rings is 1. The maximum Gasteiger partial charge on any atom is 0.0664 e. The minimum Gasteiger partial charge on any atom is -0.383 e. The molecule has 0 saturated heterocycles. The Morgan fingerprint density at radius 3 is 3.38 bits per heavy atom. The molecule has 1 aliphatic heterocycles. The van der Waals surface area contributed by atoms with Crippen molar-refractivity contribution in [2.24, 2.45) is 0 Å². The second kappa shape index (κ2) is 2.49. The molecule has 0 radical (unpaired) electrons. The van der Waals surface area contributed by atoms with Gasteiger partial charge in [-0.3, -0.25) is 4.98 Å². The summed E-state index contributed by atoms with van der Waals surface area (Å²) >= 11 is 0. The summed E-state index contributed by atoms with van der Waals surface area (Å²) in [5.74, 6) is 0. The van der Waals surface area contributed by atoms with Gasteiger partial charge in [0.2, 0.25) is 0 Å². The van der Waals surface area contributed by atoms with Crippen LogP contribution in [0.5, 0.6) is 0 Å². The van der Waals surface area contributed by atoms with Crippen molar-refractivity contribution in [3.05, 3.63) is 24.2 Å². The lowest BCUT2D eigenvalue weighted by Gasteiger charge is -2.13. The maximum atomic E-state index is 4.10. The van der Waals surface area contributed by atoms with Crippen LogP contribution in [0.3, 0.4) is 0 Å². The predicted octanol–water partition coefficient (Wildman–Crippen LogP) is 1.92. The van der Waals surface area contributed by atoms with Gasteiger partial charge in [-0.15, -0.1) is 0 Å². The monoisotopic (exact) mass is 173 g/mol. The molecule has 0 spiro atoms. The molecule has 3 nitrogen and oxygen atoms in total. The van der Waals surface area contributed by atoms with Gasteiger partial charge < -0.3 is 10.3 Å². The van der Waals surface area contributed by atoms with Gasteiger partial charge in [-0.25, -0.2) is 0 Å². The van der Waals surface area contributed by atoms with E-state index in [0.29, 0.717) is 0 Å². The Morgan fingerprint density at radius 2 is 2.38 bits per heavy atom. The second-order valence-corrected chi connectivity index (χ2v) is 3.43. The van der Waals surface area contributed by atoms with Gasteiger partial charge in [0, 0.05) is 23.8 Å². The molecular weight excluding hydrogens is 162 g/mol. The van der Waals surface area contributed by atoms with E-state index in [0.717, 1.165) is 18.5 Å². The van der Waals surface area contributed by atoms with Crippen LogP contribution in [0.15, 0.2) is 18.5 Å². The average molecular weight is 173 g/mol. The number of H-pyrrole nitrogens is 1. The molecule has 0 bridgehead atoms. The summed E-state index contributed by atoms with van der Waals surface area (Å²) < 4.78 is 0. The zero-order valence-electron chi connectivity index (χ0n) is 7.30. The van der Waals surface area contributed by atoms with Crippen molar-refractivity contribution in [2.75, 3.05) is 11.9 Å². The van der Waals surface area contributed by atoms with Crippen molar-refractivity contribution in [3.63, 3.8) is 0 Å². The third-order valence-corrected chi connectivity index (χ3v) is 2.58. The van der Waals surface area contributed by atoms with Gasteiger partial charge in [-0.1, -0.05) is 0 Å². The molecule has 0 unspecified atom stereocenters. The highest BCUT2D eigenvalue weighted by molar-refractivity contribution is 5.94. The van der Waals surface area contributed by atoms with E-state index in [1.807, 2.05) is 12.4 Å². The summed E-state index contributed by atoms with van der Waals surface area (Å²) in [6.45, 7) is 1.09. The summed E-state index contributed by atoms with van der Waals surface area (Å²) in [5, 5.41) is 4.69. The molecule has 66 valence electrons. The Kier molecular flexibility index (Phi) is 1.33. The highest BCUT2D eigenvalue weighted by Gasteiger charge is 2.13. The lowest BCUT2D eigenvalue weighted by Crippen LogP contribution is -2.10. The zero-order valence-corrected chi connectivity index (χ0v) is 7.30. The molecule has 1 aliphatic rings. The van der Waals surface area contributed by atoms with E-state index in [9.17, 15) is 0 Å². The molecule has 0 saturated carbocycles. The normalized spacial score (nSPS) is 15.4. The summed E-state index contributed by atoms with van der Waals surface area (Å²) in [7, 11) is 0. The fourth-order valence-electron chi connectivity index (χ4n) is 1.97. The van der Waals surface area contributed by atoms with Gasteiger partial charge >= 0.3 is 0 Å². The second-order valence-electron chi connectivity index (χ2n) is 3.43. The van der Waals surface area contributed by atoms with Crippen molar-refractivity contribution in [1.82, 2.24) is 9.97 Å². The molecule has 3 rings (SSSR count). The number of rotatable bonds is 0. The molecule has 3 heteroatoms. The highest BCUT2D eigenvalue weighted by Crippen LogP contribution is 2.29. The number of aromatic nitrogens is 2.